The zero-order chi connectivity index (χ0) is 20.0. The molecule has 0 saturated carbocycles. The van der Waals surface area contributed by atoms with Crippen LogP contribution in [0.25, 0.3) is 0 Å². The van der Waals surface area contributed by atoms with Gasteiger partial charge in [-0.2, -0.15) is 0 Å². The van der Waals surface area contributed by atoms with E-state index in [0.29, 0.717) is 35.2 Å². The number of hydrogen-bond acceptors (Lipinski definition) is 7. The molecule has 0 aromatic heterocycles. The van der Waals surface area contributed by atoms with Crippen molar-refractivity contribution < 1.29 is 28.8 Å². The van der Waals surface area contributed by atoms with E-state index in [1.54, 1.807) is 41.3 Å². The largest absolute Gasteiger partial charge is 0.504 e. The van der Waals surface area contributed by atoms with Crippen molar-refractivity contribution in [3.8, 4) is 28.7 Å². The van der Waals surface area contributed by atoms with Gasteiger partial charge in [0, 0.05) is 12.1 Å². The van der Waals surface area contributed by atoms with Crippen molar-refractivity contribution in [2.45, 2.75) is 6.04 Å². The molecule has 146 valence electrons. The van der Waals surface area contributed by atoms with Crippen molar-refractivity contribution in [3.63, 3.8) is 0 Å². The molecule has 2 aromatic rings. The zero-order valence-corrected chi connectivity index (χ0v) is 15.8. The van der Waals surface area contributed by atoms with Gasteiger partial charge in [0.25, 0.3) is 0 Å². The maximum atomic E-state index is 11.6. The van der Waals surface area contributed by atoms with Gasteiger partial charge in [0.1, 0.15) is 6.04 Å². The molecule has 1 amide bonds. The molecule has 3 rings (SSSR count). The molecule has 1 heterocycles. The van der Waals surface area contributed by atoms with E-state index in [9.17, 15) is 4.79 Å². The Labute approximate surface area is 158 Å². The number of β-lactam (4-membered cyclic amide) rings is 1. The lowest BCUT2D eigenvalue weighted by molar-refractivity contribution is -0.123. The highest BCUT2D eigenvalue weighted by atomic mass is 16.5. The van der Waals surface area contributed by atoms with Crippen LogP contribution < -0.4 is 29.6 Å². The molecular formula is C19H24N2O6. The molecule has 0 aliphatic carbocycles. The van der Waals surface area contributed by atoms with E-state index in [1.165, 1.54) is 28.4 Å². The number of carbonyl (C=O) groups is 1. The number of rotatable bonds is 5. The van der Waals surface area contributed by atoms with E-state index < -0.39 is 6.04 Å². The van der Waals surface area contributed by atoms with E-state index >= 15 is 0 Å². The van der Waals surface area contributed by atoms with Crippen LogP contribution in [-0.4, -0.2) is 52.0 Å². The Bertz CT molecular complexity index is 771. The first-order valence-corrected chi connectivity index (χ1v) is 8.15. The molecule has 0 radical (unpaired) electrons. The van der Waals surface area contributed by atoms with Gasteiger partial charge in [-0.1, -0.05) is 12.1 Å². The summed E-state index contributed by atoms with van der Waals surface area (Å²) >= 11 is 0. The second-order valence-electron chi connectivity index (χ2n) is 5.61. The number of methoxy groups -OCH3 is 4. The Morgan fingerprint density at radius 3 is 1.89 bits per heavy atom. The lowest BCUT2D eigenvalue weighted by Crippen LogP contribution is -2.61. The highest BCUT2D eigenvalue weighted by Crippen LogP contribution is 2.41. The predicted octanol–water partition coefficient (Wildman–Crippen LogP) is 1.79. The van der Waals surface area contributed by atoms with Crippen molar-refractivity contribution in [2.24, 2.45) is 5.73 Å². The Hall–Kier alpha value is -3.13. The molecule has 3 N–H and O–H groups in total. The molecule has 8 heteroatoms. The third-order valence-electron chi connectivity index (χ3n) is 4.01. The number of benzene rings is 2. The van der Waals surface area contributed by atoms with Crippen LogP contribution in [0.2, 0.25) is 0 Å². The van der Waals surface area contributed by atoms with Gasteiger partial charge in [0.2, 0.25) is 11.7 Å². The summed E-state index contributed by atoms with van der Waals surface area (Å²) in [6.45, 7) is 0.497. The van der Waals surface area contributed by atoms with Crippen molar-refractivity contribution in [2.75, 3.05) is 39.9 Å². The quantitative estimate of drug-likeness (QED) is 0.767. The minimum atomic E-state index is -0.413. The molecule has 8 nitrogen and oxygen atoms in total. The Morgan fingerprint density at radius 1 is 0.963 bits per heavy atom. The number of nitrogens with two attached hydrogens (primary N) is 1. The number of nitrogens with zero attached hydrogens (tertiary/aromatic N) is 1. The second kappa shape index (κ2) is 9.00. The number of hydrogen-bond donors (Lipinski definition) is 2. The molecule has 27 heavy (non-hydrogen) atoms. The average molecular weight is 376 g/mol. The summed E-state index contributed by atoms with van der Waals surface area (Å²) in [4.78, 5) is 13.2. The zero-order valence-electron chi connectivity index (χ0n) is 15.8. The topological polar surface area (TPSA) is 103 Å². The van der Waals surface area contributed by atoms with Gasteiger partial charge < -0.3 is 34.7 Å². The molecule has 0 spiro atoms. The smallest absolute Gasteiger partial charge is 0.245 e. The highest BCUT2D eigenvalue weighted by molar-refractivity contribution is 6.04. The average Bonchev–Trinajstić information content (AvgIpc) is 2.71. The molecule has 1 saturated heterocycles. The van der Waals surface area contributed by atoms with E-state index in [-0.39, 0.29) is 11.7 Å². The van der Waals surface area contributed by atoms with Gasteiger partial charge in [-0.05, 0) is 12.1 Å². The highest BCUT2D eigenvalue weighted by Gasteiger charge is 2.35. The lowest BCUT2D eigenvalue weighted by atomic mass is 10.1. The second-order valence-corrected chi connectivity index (χ2v) is 5.61. The first kappa shape index (κ1) is 20.2. The number of para-hydroxylation sites is 2. The van der Waals surface area contributed by atoms with Crippen LogP contribution in [0.4, 0.5) is 5.69 Å². The van der Waals surface area contributed by atoms with Crippen molar-refractivity contribution >= 4 is 11.6 Å². The minimum absolute atomic E-state index is 0.107. The number of phenols is 1. The van der Waals surface area contributed by atoms with Crippen LogP contribution in [0.5, 0.6) is 28.7 Å². The first-order valence-electron chi connectivity index (χ1n) is 8.15. The number of ether oxygens (including phenoxy) is 4. The summed E-state index contributed by atoms with van der Waals surface area (Å²) in [5.41, 5.74) is 6.26. The predicted molar refractivity (Wildman–Crippen MR) is 101 cm³/mol. The van der Waals surface area contributed by atoms with Crippen molar-refractivity contribution in [1.82, 2.24) is 0 Å². The van der Waals surface area contributed by atoms with Crippen molar-refractivity contribution in [1.29, 1.82) is 0 Å². The number of amides is 1. The third-order valence-corrected chi connectivity index (χ3v) is 4.01. The molecule has 1 aliphatic heterocycles. The van der Waals surface area contributed by atoms with E-state index in [0.717, 1.165) is 0 Å². The number of carbonyl (C=O) groups excluding carboxylic acids is 1. The Morgan fingerprint density at radius 2 is 1.52 bits per heavy atom. The summed E-state index contributed by atoms with van der Waals surface area (Å²) in [6, 6.07) is 9.88. The summed E-state index contributed by atoms with van der Waals surface area (Å²) in [6.07, 6.45) is 0. The van der Waals surface area contributed by atoms with Gasteiger partial charge in [0.15, 0.2) is 23.0 Å². The summed E-state index contributed by atoms with van der Waals surface area (Å²) in [5.74, 6) is 2.11. The molecule has 1 fully saturated rings. The maximum Gasteiger partial charge on any atom is 0.245 e. The normalized spacial score (nSPS) is 15.2. The van der Waals surface area contributed by atoms with E-state index in [1.807, 2.05) is 0 Å². The lowest BCUT2D eigenvalue weighted by Gasteiger charge is -2.36. The molecule has 1 atom stereocenters. The van der Waals surface area contributed by atoms with Gasteiger partial charge >= 0.3 is 0 Å². The van der Waals surface area contributed by atoms with Crippen molar-refractivity contribution in [3.05, 3.63) is 36.4 Å². The summed E-state index contributed by atoms with van der Waals surface area (Å²) in [5, 5.41) is 8.99. The SMILES string of the molecule is COc1cc(N2CC(N)C2=O)cc(OC)c1OC.COc1ccccc1O. The van der Waals surface area contributed by atoms with Gasteiger partial charge in [0.05, 0.1) is 40.7 Å². The molecular weight excluding hydrogens is 352 g/mol. The van der Waals surface area contributed by atoms with Crippen LogP contribution in [0.15, 0.2) is 36.4 Å². The molecule has 2 aromatic carbocycles. The minimum Gasteiger partial charge on any atom is -0.504 e. The monoisotopic (exact) mass is 376 g/mol. The first-order chi connectivity index (χ1) is 13.0. The fourth-order valence-corrected chi connectivity index (χ4v) is 2.54. The Kier molecular flexibility index (Phi) is 6.73. The summed E-state index contributed by atoms with van der Waals surface area (Å²) in [7, 11) is 6.12. The number of phenolic OH excluding ortho intramolecular Hbond substituents is 1. The fourth-order valence-electron chi connectivity index (χ4n) is 2.54. The number of anilines is 1. The fraction of sp³-hybridized carbons (Fsp3) is 0.316. The van der Waals surface area contributed by atoms with Crippen LogP contribution in [0.3, 0.4) is 0 Å². The van der Waals surface area contributed by atoms with Crippen LogP contribution in [0, 0.1) is 0 Å². The number of aromatic hydroxyl groups is 1. The van der Waals surface area contributed by atoms with Crippen LogP contribution in [-0.2, 0) is 4.79 Å². The van der Waals surface area contributed by atoms with Gasteiger partial charge in [-0.15, -0.1) is 0 Å². The standard InChI is InChI=1S/C12H16N2O4.C7H8O2/c1-16-9-4-7(14-6-8(13)12(14)15)5-10(17-2)11(9)18-3;1-9-7-5-3-2-4-6(7)8/h4-5,8H,6,13H2,1-3H3;2-5,8H,1H3. The molecule has 1 unspecified atom stereocenters. The van der Waals surface area contributed by atoms with E-state index in [2.05, 4.69) is 0 Å². The van der Waals surface area contributed by atoms with Crippen LogP contribution in [0.1, 0.15) is 0 Å². The summed E-state index contributed by atoms with van der Waals surface area (Å²) < 4.78 is 20.5. The van der Waals surface area contributed by atoms with Gasteiger partial charge in [-0.3, -0.25) is 4.79 Å². The molecule has 0 bridgehead atoms. The van der Waals surface area contributed by atoms with Crippen LogP contribution >= 0.6 is 0 Å². The third kappa shape index (κ3) is 4.35. The Balaban J connectivity index is 0.000000244. The molecule has 1 aliphatic rings. The maximum absolute atomic E-state index is 11.6. The van der Waals surface area contributed by atoms with E-state index in [4.69, 9.17) is 29.8 Å². The van der Waals surface area contributed by atoms with Gasteiger partial charge in [-0.25, -0.2) is 0 Å².